The zero-order chi connectivity index (χ0) is 13.7. The van der Waals surface area contributed by atoms with Crippen LogP contribution in [0, 0.1) is 3.57 Å². The Morgan fingerprint density at radius 1 is 1.47 bits per heavy atom. The van der Waals surface area contributed by atoms with Crippen molar-refractivity contribution in [3.8, 4) is 0 Å². The number of nitrogens with one attached hydrogen (secondary N) is 1. The molecule has 0 radical (unpaired) electrons. The van der Waals surface area contributed by atoms with Gasteiger partial charge in [0.15, 0.2) is 0 Å². The van der Waals surface area contributed by atoms with Crippen molar-refractivity contribution < 1.29 is 4.79 Å². The molecule has 19 heavy (non-hydrogen) atoms. The van der Waals surface area contributed by atoms with Crippen LogP contribution in [0.4, 0.5) is 0 Å². The van der Waals surface area contributed by atoms with Gasteiger partial charge in [0.05, 0.1) is 5.56 Å². The van der Waals surface area contributed by atoms with Crippen LogP contribution in [0.1, 0.15) is 16.8 Å². The third kappa shape index (κ3) is 4.31. The van der Waals surface area contributed by atoms with E-state index in [0.717, 1.165) is 21.0 Å². The van der Waals surface area contributed by atoms with Gasteiger partial charge in [-0.25, -0.2) is 0 Å². The number of hydrogen-bond acceptors (Lipinski definition) is 2. The predicted molar refractivity (Wildman–Crippen MR) is 86.0 cm³/mol. The van der Waals surface area contributed by atoms with Crippen molar-refractivity contribution in [2.24, 2.45) is 0 Å². The molecule has 0 saturated carbocycles. The summed E-state index contributed by atoms with van der Waals surface area (Å²) in [5, 5.41) is 7.03. The summed E-state index contributed by atoms with van der Waals surface area (Å²) in [6.45, 7) is 1.44. The third-order valence-electron chi connectivity index (χ3n) is 2.58. The zero-order valence-electron chi connectivity index (χ0n) is 10.1. The lowest BCUT2D eigenvalue weighted by Crippen LogP contribution is -2.25. The van der Waals surface area contributed by atoms with Crippen LogP contribution < -0.4 is 5.32 Å². The fraction of sp³-hybridized carbons (Fsp3) is 0.231. The highest BCUT2D eigenvalue weighted by Crippen LogP contribution is 2.19. The Kier molecular flexibility index (Phi) is 5.38. The first-order valence-electron chi connectivity index (χ1n) is 5.87. The third-order valence-corrected chi connectivity index (χ3v) is 3.94. The summed E-state index contributed by atoms with van der Waals surface area (Å²) < 4.78 is 3.72. The molecule has 4 nitrogen and oxygen atoms in total. The van der Waals surface area contributed by atoms with Crippen molar-refractivity contribution in [1.82, 2.24) is 15.1 Å². The molecule has 2 rings (SSSR count). The van der Waals surface area contributed by atoms with E-state index in [4.69, 9.17) is 0 Å². The van der Waals surface area contributed by atoms with Gasteiger partial charge < -0.3 is 5.32 Å². The SMILES string of the molecule is O=C(NCCCn1cccn1)c1cc(I)ccc1Br. The molecule has 0 atom stereocenters. The van der Waals surface area contributed by atoms with Crippen LogP contribution in [0.15, 0.2) is 41.1 Å². The molecule has 1 amide bonds. The maximum atomic E-state index is 12.0. The Labute approximate surface area is 133 Å². The summed E-state index contributed by atoms with van der Waals surface area (Å²) in [6.07, 6.45) is 4.52. The standard InChI is InChI=1S/C13H13BrIN3O/c14-12-4-3-10(15)9-11(12)13(19)16-5-1-7-18-8-2-6-17-18/h2-4,6,8-9H,1,5,7H2,(H,16,19). The smallest absolute Gasteiger partial charge is 0.252 e. The molecule has 100 valence electrons. The minimum absolute atomic E-state index is 0.0501. The normalized spacial score (nSPS) is 10.4. The lowest BCUT2D eigenvalue weighted by molar-refractivity contribution is 0.0952. The number of rotatable bonds is 5. The van der Waals surface area contributed by atoms with Crippen molar-refractivity contribution in [3.63, 3.8) is 0 Å². The van der Waals surface area contributed by atoms with Gasteiger partial charge in [-0.1, -0.05) is 0 Å². The van der Waals surface area contributed by atoms with E-state index in [0.29, 0.717) is 12.1 Å². The lowest BCUT2D eigenvalue weighted by atomic mass is 10.2. The van der Waals surface area contributed by atoms with E-state index in [1.807, 2.05) is 35.1 Å². The second-order valence-electron chi connectivity index (χ2n) is 4.00. The fourth-order valence-corrected chi connectivity index (χ4v) is 2.56. The molecule has 0 aliphatic carbocycles. The highest BCUT2D eigenvalue weighted by molar-refractivity contribution is 14.1. The first kappa shape index (κ1) is 14.5. The van der Waals surface area contributed by atoms with E-state index in [1.54, 1.807) is 6.20 Å². The van der Waals surface area contributed by atoms with Crippen LogP contribution in [0.3, 0.4) is 0 Å². The van der Waals surface area contributed by atoms with Gasteiger partial charge in [0.2, 0.25) is 0 Å². The number of nitrogens with zero attached hydrogens (tertiary/aromatic N) is 2. The van der Waals surface area contributed by atoms with Gasteiger partial charge in [0.25, 0.3) is 5.91 Å². The molecule has 0 bridgehead atoms. The Hall–Kier alpha value is -0.890. The van der Waals surface area contributed by atoms with Crippen molar-refractivity contribution >= 4 is 44.4 Å². The average molecular weight is 434 g/mol. The van der Waals surface area contributed by atoms with E-state index in [1.165, 1.54) is 0 Å². The molecule has 1 aromatic carbocycles. The maximum Gasteiger partial charge on any atom is 0.252 e. The first-order chi connectivity index (χ1) is 9.16. The molecule has 0 unspecified atom stereocenters. The summed E-state index contributed by atoms with van der Waals surface area (Å²) in [5.41, 5.74) is 0.672. The van der Waals surface area contributed by atoms with Gasteiger partial charge in [-0.3, -0.25) is 9.48 Å². The molecule has 1 N–H and O–H groups in total. The summed E-state index contributed by atoms with van der Waals surface area (Å²) >= 11 is 5.59. The fourth-order valence-electron chi connectivity index (χ4n) is 1.64. The lowest BCUT2D eigenvalue weighted by Gasteiger charge is -2.07. The summed E-state index contributed by atoms with van der Waals surface area (Å²) in [5.74, 6) is -0.0501. The Morgan fingerprint density at radius 3 is 3.05 bits per heavy atom. The molecule has 6 heteroatoms. The molecule has 0 fully saturated rings. The number of hydrogen-bond donors (Lipinski definition) is 1. The number of carbonyl (C=O) groups excluding carboxylic acids is 1. The number of halogens is 2. The zero-order valence-corrected chi connectivity index (χ0v) is 13.9. The molecule has 0 spiro atoms. The summed E-state index contributed by atoms with van der Waals surface area (Å²) in [7, 11) is 0. The van der Waals surface area contributed by atoms with Crippen molar-refractivity contribution in [2.45, 2.75) is 13.0 Å². The van der Waals surface area contributed by atoms with Crippen molar-refractivity contribution in [1.29, 1.82) is 0 Å². The van der Waals surface area contributed by atoms with Crippen molar-refractivity contribution in [3.05, 3.63) is 50.3 Å². The Morgan fingerprint density at radius 2 is 2.32 bits per heavy atom. The van der Waals surface area contributed by atoms with E-state index in [2.05, 4.69) is 48.9 Å². The first-order valence-corrected chi connectivity index (χ1v) is 7.74. The second-order valence-corrected chi connectivity index (χ2v) is 6.10. The molecule has 0 aliphatic heterocycles. The number of amides is 1. The number of aryl methyl sites for hydroxylation is 1. The summed E-state index contributed by atoms with van der Waals surface area (Å²) in [4.78, 5) is 12.0. The van der Waals surface area contributed by atoms with E-state index < -0.39 is 0 Å². The largest absolute Gasteiger partial charge is 0.352 e. The predicted octanol–water partition coefficient (Wildman–Crippen LogP) is 3.07. The molecule has 0 saturated heterocycles. The Balaban J connectivity index is 1.82. The molecule has 0 aliphatic rings. The highest BCUT2D eigenvalue weighted by Gasteiger charge is 2.09. The quantitative estimate of drug-likeness (QED) is 0.581. The monoisotopic (exact) mass is 433 g/mol. The van der Waals surface area contributed by atoms with E-state index >= 15 is 0 Å². The van der Waals surface area contributed by atoms with Crippen LogP contribution in [-0.4, -0.2) is 22.2 Å². The maximum absolute atomic E-state index is 12.0. The van der Waals surface area contributed by atoms with Crippen LogP contribution in [0.2, 0.25) is 0 Å². The van der Waals surface area contributed by atoms with Gasteiger partial charge in [-0.05, 0) is 69.2 Å². The van der Waals surface area contributed by atoms with E-state index in [-0.39, 0.29) is 5.91 Å². The minimum atomic E-state index is -0.0501. The van der Waals surface area contributed by atoms with Crippen LogP contribution in [0.25, 0.3) is 0 Å². The average Bonchev–Trinajstić information content (AvgIpc) is 2.90. The molecular formula is C13H13BrIN3O. The van der Waals surface area contributed by atoms with Gasteiger partial charge in [-0.2, -0.15) is 5.10 Å². The van der Waals surface area contributed by atoms with Crippen LogP contribution in [-0.2, 0) is 6.54 Å². The van der Waals surface area contributed by atoms with Gasteiger partial charge in [0.1, 0.15) is 0 Å². The van der Waals surface area contributed by atoms with Gasteiger partial charge >= 0.3 is 0 Å². The number of carbonyl (C=O) groups is 1. The topological polar surface area (TPSA) is 46.9 Å². The van der Waals surface area contributed by atoms with Gasteiger partial charge in [0, 0.05) is 33.5 Å². The van der Waals surface area contributed by atoms with Gasteiger partial charge in [-0.15, -0.1) is 0 Å². The number of benzene rings is 1. The van der Waals surface area contributed by atoms with Crippen LogP contribution in [0.5, 0.6) is 0 Å². The highest BCUT2D eigenvalue weighted by atomic mass is 127. The Bertz CT molecular complexity index is 557. The molecule has 2 aromatic rings. The second kappa shape index (κ2) is 7.04. The molecule has 1 heterocycles. The summed E-state index contributed by atoms with van der Waals surface area (Å²) in [6, 6.07) is 7.61. The van der Waals surface area contributed by atoms with Crippen molar-refractivity contribution in [2.75, 3.05) is 6.54 Å². The molecular weight excluding hydrogens is 421 g/mol. The molecule has 1 aromatic heterocycles. The number of aromatic nitrogens is 2. The minimum Gasteiger partial charge on any atom is -0.352 e. The van der Waals surface area contributed by atoms with Crippen LogP contribution >= 0.6 is 38.5 Å². The van der Waals surface area contributed by atoms with E-state index in [9.17, 15) is 4.79 Å².